The summed E-state index contributed by atoms with van der Waals surface area (Å²) in [5.74, 6) is -2.93. The number of rotatable bonds is 6. The van der Waals surface area contributed by atoms with Gasteiger partial charge in [0, 0.05) is 30.1 Å². The van der Waals surface area contributed by atoms with E-state index in [1.54, 1.807) is 0 Å². The van der Waals surface area contributed by atoms with Crippen molar-refractivity contribution in [1.29, 1.82) is 0 Å². The number of alkyl halides is 3. The van der Waals surface area contributed by atoms with Gasteiger partial charge in [-0.15, -0.1) is 18.3 Å². The Morgan fingerprint density at radius 3 is 2.45 bits per heavy atom. The normalized spacial score (nSPS) is 15.3. The highest BCUT2D eigenvalue weighted by Crippen LogP contribution is 2.26. The number of aromatic nitrogens is 2. The van der Waals surface area contributed by atoms with Gasteiger partial charge in [-0.25, -0.2) is 18.7 Å². The van der Waals surface area contributed by atoms with Gasteiger partial charge in [0.25, 0.3) is 0 Å². The van der Waals surface area contributed by atoms with Crippen LogP contribution in [0.5, 0.6) is 5.75 Å². The summed E-state index contributed by atoms with van der Waals surface area (Å²) in [4.78, 5) is 38.1. The quantitative estimate of drug-likeness (QED) is 0.398. The molecule has 0 bridgehead atoms. The highest BCUT2D eigenvalue weighted by atomic mass is 19.4. The van der Waals surface area contributed by atoms with Crippen LogP contribution in [0, 0.1) is 12.7 Å². The lowest BCUT2D eigenvalue weighted by molar-refractivity contribution is -0.274. The summed E-state index contributed by atoms with van der Waals surface area (Å²) in [7, 11) is 0. The average molecular weight is 535 g/mol. The van der Waals surface area contributed by atoms with Crippen molar-refractivity contribution in [2.24, 2.45) is 0 Å². The van der Waals surface area contributed by atoms with Gasteiger partial charge in [0.05, 0.1) is 5.56 Å². The summed E-state index contributed by atoms with van der Waals surface area (Å²) in [5.41, 5.74) is -0.0505. The molecule has 2 aromatic carbocycles. The number of anilines is 2. The summed E-state index contributed by atoms with van der Waals surface area (Å²) in [6.45, 7) is 1.60. The van der Waals surface area contributed by atoms with E-state index in [0.29, 0.717) is 12.8 Å². The molecule has 200 valence electrons. The van der Waals surface area contributed by atoms with E-state index in [4.69, 9.17) is 5.11 Å². The number of urea groups is 1. The first-order chi connectivity index (χ1) is 17.9. The Morgan fingerprint density at radius 2 is 1.79 bits per heavy atom. The summed E-state index contributed by atoms with van der Waals surface area (Å²) in [6, 6.07) is 7.04. The van der Waals surface area contributed by atoms with Crippen LogP contribution in [0.3, 0.4) is 0 Å². The minimum absolute atomic E-state index is 0.0125. The van der Waals surface area contributed by atoms with E-state index in [0.717, 1.165) is 16.8 Å². The summed E-state index contributed by atoms with van der Waals surface area (Å²) in [5, 5.41) is 18.4. The average Bonchev–Trinajstić information content (AvgIpc) is 3.51. The van der Waals surface area contributed by atoms with Gasteiger partial charge in [-0.05, 0) is 56.2 Å². The lowest BCUT2D eigenvalue weighted by atomic mass is 10.1. The van der Waals surface area contributed by atoms with Crippen molar-refractivity contribution in [2.75, 3.05) is 17.2 Å². The number of likely N-dealkylation sites (tertiary alicyclic amines) is 1. The van der Waals surface area contributed by atoms with Crippen molar-refractivity contribution in [3.63, 3.8) is 0 Å². The molecule has 1 saturated heterocycles. The Bertz CT molecular complexity index is 1370. The minimum Gasteiger partial charge on any atom is -0.478 e. The Kier molecular flexibility index (Phi) is 7.23. The second-order valence-electron chi connectivity index (χ2n) is 8.36. The molecule has 3 aromatic rings. The molecule has 0 radical (unpaired) electrons. The highest BCUT2D eigenvalue weighted by Gasteiger charge is 2.35. The number of carbonyl (C=O) groups excluding carboxylic acids is 2. The van der Waals surface area contributed by atoms with Crippen LogP contribution in [0.25, 0.3) is 5.69 Å². The molecule has 0 aliphatic carbocycles. The number of hydrogen-bond acceptors (Lipinski definition) is 5. The third kappa shape index (κ3) is 5.85. The zero-order valence-electron chi connectivity index (χ0n) is 19.8. The van der Waals surface area contributed by atoms with Crippen molar-refractivity contribution in [1.82, 2.24) is 14.7 Å². The molecule has 1 aliphatic rings. The summed E-state index contributed by atoms with van der Waals surface area (Å²) in [6.07, 6.45) is -2.55. The van der Waals surface area contributed by atoms with Crippen LogP contribution in [0.1, 0.15) is 28.8 Å². The van der Waals surface area contributed by atoms with Gasteiger partial charge in [-0.3, -0.25) is 4.79 Å². The second-order valence-corrected chi connectivity index (χ2v) is 8.36. The van der Waals surface area contributed by atoms with Crippen LogP contribution in [0.4, 0.5) is 33.9 Å². The molecule has 1 aliphatic heterocycles. The number of amides is 3. The molecule has 0 saturated carbocycles. The first-order valence-electron chi connectivity index (χ1n) is 11.3. The van der Waals surface area contributed by atoms with E-state index >= 15 is 0 Å². The van der Waals surface area contributed by atoms with Crippen molar-refractivity contribution in [3.05, 3.63) is 65.6 Å². The number of carboxylic acids is 1. The SMILES string of the molecule is Cc1c(C(=O)O)ccc(-n2ccc(NC(=O)[C@@H]3CCCN3C(=O)Nc3ccc(OC(F)(F)F)cc3)n2)c1F. The molecule has 14 heteroatoms. The van der Waals surface area contributed by atoms with Crippen molar-refractivity contribution in [2.45, 2.75) is 32.2 Å². The predicted octanol–water partition coefficient (Wildman–Crippen LogP) is 4.55. The van der Waals surface area contributed by atoms with Crippen molar-refractivity contribution >= 4 is 29.4 Å². The molecule has 38 heavy (non-hydrogen) atoms. The van der Waals surface area contributed by atoms with E-state index in [2.05, 4.69) is 20.5 Å². The minimum atomic E-state index is -4.84. The third-order valence-corrected chi connectivity index (χ3v) is 5.84. The van der Waals surface area contributed by atoms with Gasteiger partial charge >= 0.3 is 18.4 Å². The molecule has 3 amide bonds. The summed E-state index contributed by atoms with van der Waals surface area (Å²) < 4.78 is 56.6. The van der Waals surface area contributed by atoms with Crippen LogP contribution < -0.4 is 15.4 Å². The van der Waals surface area contributed by atoms with E-state index in [1.807, 2.05) is 0 Å². The highest BCUT2D eigenvalue weighted by molar-refractivity contribution is 5.99. The van der Waals surface area contributed by atoms with Crippen LogP contribution in [0.2, 0.25) is 0 Å². The fourth-order valence-corrected chi connectivity index (χ4v) is 4.03. The van der Waals surface area contributed by atoms with Gasteiger partial charge in [-0.1, -0.05) is 0 Å². The lowest BCUT2D eigenvalue weighted by Crippen LogP contribution is -2.45. The third-order valence-electron chi connectivity index (χ3n) is 5.84. The largest absolute Gasteiger partial charge is 0.573 e. The number of carbonyl (C=O) groups is 3. The van der Waals surface area contributed by atoms with Crippen LogP contribution in [-0.4, -0.2) is 56.6 Å². The van der Waals surface area contributed by atoms with Gasteiger partial charge in [0.1, 0.15) is 17.5 Å². The van der Waals surface area contributed by atoms with E-state index in [-0.39, 0.29) is 34.9 Å². The smallest absolute Gasteiger partial charge is 0.478 e. The molecule has 10 nitrogen and oxygen atoms in total. The molecule has 1 atom stereocenters. The number of carboxylic acid groups (broad SMARTS) is 1. The Morgan fingerprint density at radius 1 is 1.08 bits per heavy atom. The molecular weight excluding hydrogens is 514 g/mol. The zero-order valence-corrected chi connectivity index (χ0v) is 19.8. The number of halogens is 4. The monoisotopic (exact) mass is 535 g/mol. The molecule has 1 fully saturated rings. The topological polar surface area (TPSA) is 126 Å². The fourth-order valence-electron chi connectivity index (χ4n) is 4.03. The Labute approximate surface area is 212 Å². The molecule has 4 rings (SSSR count). The zero-order chi connectivity index (χ0) is 27.6. The first-order valence-corrected chi connectivity index (χ1v) is 11.3. The number of benzene rings is 2. The molecule has 3 N–H and O–H groups in total. The first kappa shape index (κ1) is 26.4. The van der Waals surface area contributed by atoms with Crippen LogP contribution in [0.15, 0.2) is 48.7 Å². The maximum absolute atomic E-state index is 14.7. The number of aromatic carboxylic acids is 1. The van der Waals surface area contributed by atoms with Crippen LogP contribution in [-0.2, 0) is 4.79 Å². The van der Waals surface area contributed by atoms with Gasteiger partial charge in [0.2, 0.25) is 5.91 Å². The Hall–Kier alpha value is -4.62. The number of nitrogens with one attached hydrogen (secondary N) is 2. The molecular formula is C24H21F4N5O5. The maximum Gasteiger partial charge on any atom is 0.573 e. The lowest BCUT2D eigenvalue weighted by Gasteiger charge is -2.24. The van der Waals surface area contributed by atoms with Crippen molar-refractivity contribution in [3.8, 4) is 11.4 Å². The number of ether oxygens (including phenoxy) is 1. The van der Waals surface area contributed by atoms with Gasteiger partial charge < -0.3 is 25.4 Å². The van der Waals surface area contributed by atoms with Crippen LogP contribution >= 0.6 is 0 Å². The van der Waals surface area contributed by atoms with Gasteiger partial charge in [-0.2, -0.15) is 0 Å². The number of hydrogen-bond donors (Lipinski definition) is 3. The predicted molar refractivity (Wildman–Crippen MR) is 126 cm³/mol. The molecule has 1 aromatic heterocycles. The fraction of sp³-hybridized carbons (Fsp3) is 0.250. The molecule has 0 unspecified atom stereocenters. The van der Waals surface area contributed by atoms with Gasteiger partial charge in [0.15, 0.2) is 11.6 Å². The molecule has 0 spiro atoms. The molecule has 2 heterocycles. The Balaban J connectivity index is 1.40. The van der Waals surface area contributed by atoms with E-state index in [1.165, 1.54) is 48.4 Å². The van der Waals surface area contributed by atoms with Crippen molar-refractivity contribution < 1.29 is 41.8 Å². The maximum atomic E-state index is 14.7. The number of nitrogens with zero attached hydrogens (tertiary/aromatic N) is 3. The van der Waals surface area contributed by atoms with E-state index < -0.39 is 41.9 Å². The van der Waals surface area contributed by atoms with E-state index in [9.17, 15) is 31.9 Å². The summed E-state index contributed by atoms with van der Waals surface area (Å²) >= 11 is 0. The standard InChI is InChI=1S/C24H21F4N5O5/c1-13-16(22(35)36)8-9-17(20(13)25)33-12-10-19(31-33)30-21(34)18-3-2-11-32(18)23(37)29-14-4-6-15(7-5-14)38-24(26,27)28/h4-10,12,18H,2-3,11H2,1H3,(H,29,37)(H,35,36)(H,30,31,34)/t18-/m0/s1. The second kappa shape index (κ2) is 10.4.